The van der Waals surface area contributed by atoms with Crippen LogP contribution < -0.4 is 28.3 Å². The number of benzene rings is 2. The van der Waals surface area contributed by atoms with Gasteiger partial charge in [0.2, 0.25) is 0 Å². The van der Waals surface area contributed by atoms with Crippen molar-refractivity contribution in [1.82, 2.24) is 25.3 Å². The molecule has 0 saturated heterocycles. The number of nitrogens with zero attached hydrogens (tertiary/aromatic N) is 5. The number of fused-ring (bicyclic) bond motifs is 1. The normalized spacial score (nSPS) is 10.5. The predicted molar refractivity (Wildman–Crippen MR) is 155 cm³/mol. The number of aryl methyl sites for hydroxylation is 2. The van der Waals surface area contributed by atoms with Gasteiger partial charge in [-0.3, -0.25) is 4.99 Å². The lowest BCUT2D eigenvalue weighted by Crippen LogP contribution is -2.23. The number of nitrogens with one attached hydrogen (secondary N) is 1. The van der Waals surface area contributed by atoms with E-state index < -0.39 is 0 Å². The fourth-order valence-corrected chi connectivity index (χ4v) is 3.91. The van der Waals surface area contributed by atoms with Crippen molar-refractivity contribution < 1.29 is 0 Å². The van der Waals surface area contributed by atoms with Crippen LogP contribution >= 0.6 is 15.9 Å². The van der Waals surface area contributed by atoms with Gasteiger partial charge in [-0.1, -0.05) is 36.4 Å². The van der Waals surface area contributed by atoms with Gasteiger partial charge >= 0.3 is 0 Å². The highest BCUT2D eigenvalue weighted by atomic mass is 79.9. The van der Waals surface area contributed by atoms with Crippen LogP contribution in [0.4, 0.5) is 11.6 Å². The number of aliphatic imine (C=N–C) groups is 1. The molecule has 2 heterocycles. The second kappa shape index (κ2) is 14.0. The maximum absolute atomic E-state index is 5.94. The van der Waals surface area contributed by atoms with E-state index in [1.165, 1.54) is 10.8 Å². The number of nitrogens with two attached hydrogens (primary N) is 4. The fraction of sp³-hybridized carbons (Fsp3) is 0.269. The Morgan fingerprint density at radius 1 is 0.892 bits per heavy atom. The van der Waals surface area contributed by atoms with Gasteiger partial charge in [0.25, 0.3) is 0 Å². The number of hydrogen-bond donors (Lipinski definition) is 5. The maximum atomic E-state index is 5.94. The molecular formula is C26H33BrN10. The van der Waals surface area contributed by atoms with Crippen molar-refractivity contribution >= 4 is 44.3 Å². The fourth-order valence-electron chi connectivity index (χ4n) is 3.59. The smallest absolute Gasteiger partial charge is 0.185 e. The van der Waals surface area contributed by atoms with E-state index in [4.69, 9.17) is 22.9 Å². The molecule has 0 saturated carbocycles. The monoisotopic (exact) mass is 564 g/mol. The van der Waals surface area contributed by atoms with Gasteiger partial charge in [-0.25, -0.2) is 19.9 Å². The summed E-state index contributed by atoms with van der Waals surface area (Å²) in [5, 5.41) is 5.44. The zero-order valence-electron chi connectivity index (χ0n) is 20.9. The van der Waals surface area contributed by atoms with E-state index in [1.54, 1.807) is 12.4 Å². The van der Waals surface area contributed by atoms with Crippen molar-refractivity contribution in [1.29, 1.82) is 0 Å². The minimum Gasteiger partial charge on any atom is -0.382 e. The van der Waals surface area contributed by atoms with Crippen LogP contribution in [-0.2, 0) is 12.8 Å². The average Bonchev–Trinajstić information content (AvgIpc) is 2.89. The van der Waals surface area contributed by atoms with Crippen LogP contribution in [-0.4, -0.2) is 46.0 Å². The molecule has 0 aliphatic heterocycles. The summed E-state index contributed by atoms with van der Waals surface area (Å²) in [5.74, 6) is 1.07. The molecule has 2 aromatic heterocycles. The second-order valence-electron chi connectivity index (χ2n) is 8.29. The molecular weight excluding hydrogens is 532 g/mol. The molecule has 0 bridgehead atoms. The first-order valence-electron chi connectivity index (χ1n) is 11.9. The Labute approximate surface area is 225 Å². The summed E-state index contributed by atoms with van der Waals surface area (Å²) in [6.45, 7) is 1.51. The minimum absolute atomic E-state index is 0.0963. The molecule has 11 heteroatoms. The van der Waals surface area contributed by atoms with Crippen LogP contribution in [0.3, 0.4) is 0 Å². The average molecular weight is 566 g/mol. The largest absolute Gasteiger partial charge is 0.382 e. The van der Waals surface area contributed by atoms with Crippen molar-refractivity contribution in [3.05, 3.63) is 70.8 Å². The van der Waals surface area contributed by atoms with E-state index in [-0.39, 0.29) is 5.96 Å². The summed E-state index contributed by atoms with van der Waals surface area (Å²) in [7, 11) is 1.93. The van der Waals surface area contributed by atoms with Gasteiger partial charge in [0.15, 0.2) is 5.96 Å². The molecule has 0 atom stereocenters. The quantitative estimate of drug-likeness (QED) is 0.116. The van der Waals surface area contributed by atoms with Gasteiger partial charge in [0, 0.05) is 12.1 Å². The van der Waals surface area contributed by atoms with E-state index in [0.717, 1.165) is 53.1 Å². The maximum Gasteiger partial charge on any atom is 0.185 e. The van der Waals surface area contributed by atoms with Crippen LogP contribution in [0.2, 0.25) is 0 Å². The van der Waals surface area contributed by atoms with Crippen molar-refractivity contribution in [3.8, 4) is 11.3 Å². The van der Waals surface area contributed by atoms with Crippen LogP contribution in [0.5, 0.6) is 0 Å². The van der Waals surface area contributed by atoms with Gasteiger partial charge in [-0.15, -0.1) is 0 Å². The van der Waals surface area contributed by atoms with Crippen LogP contribution in [0.25, 0.3) is 22.0 Å². The summed E-state index contributed by atoms with van der Waals surface area (Å²) < 4.78 is 0.737. The molecule has 10 nitrogen and oxygen atoms in total. The Morgan fingerprint density at radius 3 is 2.30 bits per heavy atom. The highest BCUT2D eigenvalue weighted by Crippen LogP contribution is 2.24. The molecule has 4 rings (SSSR count). The molecule has 0 aliphatic rings. The first kappa shape index (κ1) is 27.8. The summed E-state index contributed by atoms with van der Waals surface area (Å²) >= 11 is 3.26. The van der Waals surface area contributed by atoms with Gasteiger partial charge < -0.3 is 28.3 Å². The topological polar surface area (TPSA) is 180 Å². The first-order chi connectivity index (χ1) is 17.9. The molecule has 4 aromatic rings. The van der Waals surface area contributed by atoms with E-state index >= 15 is 0 Å². The number of rotatable bonds is 9. The molecule has 194 valence electrons. The lowest BCUT2D eigenvalue weighted by Gasteiger charge is -2.08. The minimum atomic E-state index is 0.0963. The van der Waals surface area contributed by atoms with Crippen LogP contribution in [0, 0.1) is 0 Å². The van der Waals surface area contributed by atoms with Crippen molar-refractivity contribution in [3.63, 3.8) is 0 Å². The molecule has 0 radical (unpaired) electrons. The molecule has 9 N–H and O–H groups in total. The Morgan fingerprint density at radius 2 is 1.57 bits per heavy atom. The lowest BCUT2D eigenvalue weighted by molar-refractivity contribution is 0.713. The lowest BCUT2D eigenvalue weighted by atomic mass is 10.1. The van der Waals surface area contributed by atoms with Gasteiger partial charge in [0.05, 0.1) is 29.5 Å². The third kappa shape index (κ3) is 8.65. The van der Waals surface area contributed by atoms with Crippen LogP contribution in [0.1, 0.15) is 24.2 Å². The van der Waals surface area contributed by atoms with E-state index in [2.05, 4.69) is 70.4 Å². The zero-order valence-corrected chi connectivity index (χ0v) is 22.4. The molecule has 2 aromatic carbocycles. The van der Waals surface area contributed by atoms with Crippen molar-refractivity contribution in [2.24, 2.45) is 16.5 Å². The number of anilines is 2. The molecule has 0 amide bonds. The number of guanidine groups is 1. The molecule has 0 fully saturated rings. The molecule has 0 unspecified atom stereocenters. The van der Waals surface area contributed by atoms with Crippen molar-refractivity contribution in [2.75, 3.05) is 31.6 Å². The SMILES string of the molecule is CNCCCc1nc(Br)cnc1N.NC(N)=NCCCc1nc(-c2ccc3ccccc3c2)cnc1N. The van der Waals surface area contributed by atoms with Crippen LogP contribution in [0.15, 0.2) is 64.5 Å². The number of nitrogen functional groups attached to an aromatic ring is 2. The first-order valence-corrected chi connectivity index (χ1v) is 12.7. The number of hydrogen-bond acceptors (Lipinski definition) is 8. The Bertz CT molecular complexity index is 1340. The number of halogens is 1. The third-order valence-corrected chi connectivity index (χ3v) is 5.86. The highest BCUT2D eigenvalue weighted by Gasteiger charge is 2.07. The Balaban J connectivity index is 0.000000248. The highest BCUT2D eigenvalue weighted by molar-refractivity contribution is 9.10. The van der Waals surface area contributed by atoms with E-state index in [1.807, 2.05) is 25.2 Å². The van der Waals surface area contributed by atoms with E-state index in [0.29, 0.717) is 24.6 Å². The van der Waals surface area contributed by atoms with Gasteiger partial charge in [-0.2, -0.15) is 0 Å². The summed E-state index contributed by atoms with van der Waals surface area (Å²) in [6.07, 6.45) is 6.63. The standard InChI is InChI=1S/C18H20N6.C8H13BrN4/c19-17-15(6-3-9-22-18(20)21)24-16(11-23-17)14-8-7-12-4-1-2-5-13(12)10-14;1-11-4-2-3-6-8(10)12-5-7(9)13-6/h1-2,4-5,7-8,10-11H,3,6,9H2,(H2,19,23)(H4,20,21,22);5,11H,2-4H2,1H3,(H2,10,12). The molecule has 37 heavy (non-hydrogen) atoms. The second-order valence-corrected chi connectivity index (χ2v) is 9.10. The third-order valence-electron chi connectivity index (χ3n) is 5.48. The Hall–Kier alpha value is -3.83. The predicted octanol–water partition coefficient (Wildman–Crippen LogP) is 3.06. The summed E-state index contributed by atoms with van der Waals surface area (Å²) in [6, 6.07) is 14.5. The zero-order chi connectivity index (χ0) is 26.6. The molecule has 0 spiro atoms. The Kier molecular flexibility index (Phi) is 10.5. The number of aromatic nitrogens is 4. The van der Waals surface area contributed by atoms with Gasteiger partial charge in [0.1, 0.15) is 16.2 Å². The summed E-state index contributed by atoms with van der Waals surface area (Å²) in [4.78, 5) is 21.2. The summed E-state index contributed by atoms with van der Waals surface area (Å²) in [5.41, 5.74) is 25.7. The van der Waals surface area contributed by atoms with Gasteiger partial charge in [-0.05, 0) is 72.0 Å². The van der Waals surface area contributed by atoms with Crippen molar-refractivity contribution in [2.45, 2.75) is 25.7 Å². The van der Waals surface area contributed by atoms with E-state index in [9.17, 15) is 0 Å². The molecule has 0 aliphatic carbocycles.